The second-order valence-corrected chi connectivity index (χ2v) is 5.64. The van der Waals surface area contributed by atoms with Gasteiger partial charge in [-0.25, -0.2) is 0 Å². The minimum absolute atomic E-state index is 0.587. The van der Waals surface area contributed by atoms with E-state index >= 15 is 0 Å². The van der Waals surface area contributed by atoms with E-state index in [9.17, 15) is 0 Å². The van der Waals surface area contributed by atoms with Crippen LogP contribution in [0, 0.1) is 11.8 Å². The number of nitrogens with two attached hydrogens (primary N) is 1. The molecule has 0 bridgehead atoms. The van der Waals surface area contributed by atoms with Crippen molar-refractivity contribution < 1.29 is 4.74 Å². The van der Waals surface area contributed by atoms with Gasteiger partial charge in [-0.3, -0.25) is 4.90 Å². The van der Waals surface area contributed by atoms with E-state index in [2.05, 4.69) is 18.7 Å². The van der Waals surface area contributed by atoms with Gasteiger partial charge in [0.25, 0.3) is 0 Å². The lowest BCUT2D eigenvalue weighted by atomic mass is 9.90. The normalized spacial score (nSPS) is 35.4. The number of likely N-dealkylation sites (tertiary alicyclic amines) is 1. The molecule has 0 aromatic carbocycles. The Balaban J connectivity index is 1.97. The van der Waals surface area contributed by atoms with Crippen molar-refractivity contribution in [2.24, 2.45) is 17.6 Å². The molecule has 2 fully saturated rings. The van der Waals surface area contributed by atoms with Crippen molar-refractivity contribution in [3.8, 4) is 0 Å². The van der Waals surface area contributed by atoms with Crippen molar-refractivity contribution in [3.63, 3.8) is 0 Å². The Hall–Kier alpha value is -0.120. The van der Waals surface area contributed by atoms with E-state index in [-0.39, 0.29) is 0 Å². The fourth-order valence-electron chi connectivity index (χ4n) is 3.49. The summed E-state index contributed by atoms with van der Waals surface area (Å²) in [6, 6.07) is 1.30. The van der Waals surface area contributed by atoms with Gasteiger partial charge in [0, 0.05) is 38.4 Å². The molecule has 3 atom stereocenters. The fourth-order valence-corrected chi connectivity index (χ4v) is 3.49. The van der Waals surface area contributed by atoms with E-state index < -0.39 is 0 Å². The van der Waals surface area contributed by atoms with Gasteiger partial charge in [0.15, 0.2) is 0 Å². The zero-order valence-electron chi connectivity index (χ0n) is 10.7. The number of nitrogens with zero attached hydrogens (tertiary/aromatic N) is 1. The van der Waals surface area contributed by atoms with Gasteiger partial charge >= 0.3 is 0 Å². The van der Waals surface area contributed by atoms with Gasteiger partial charge in [-0.05, 0) is 38.0 Å². The molecule has 2 heterocycles. The molecule has 0 spiro atoms. The van der Waals surface area contributed by atoms with Crippen LogP contribution in [0.3, 0.4) is 0 Å². The zero-order chi connectivity index (χ0) is 11.5. The number of ether oxygens (including phenoxy) is 1. The monoisotopic (exact) mass is 226 g/mol. The Labute approximate surface area is 99.3 Å². The van der Waals surface area contributed by atoms with Crippen LogP contribution in [0.25, 0.3) is 0 Å². The van der Waals surface area contributed by atoms with Crippen LogP contribution in [0.2, 0.25) is 0 Å². The molecule has 0 aromatic rings. The predicted molar refractivity (Wildman–Crippen MR) is 66.3 cm³/mol. The van der Waals surface area contributed by atoms with Crippen molar-refractivity contribution in [2.75, 3.05) is 26.3 Å². The highest BCUT2D eigenvalue weighted by Crippen LogP contribution is 2.30. The van der Waals surface area contributed by atoms with Gasteiger partial charge in [0.1, 0.15) is 0 Å². The summed E-state index contributed by atoms with van der Waals surface area (Å²) in [5.74, 6) is 1.59. The molecule has 3 nitrogen and oxygen atoms in total. The summed E-state index contributed by atoms with van der Waals surface area (Å²) >= 11 is 0. The third kappa shape index (κ3) is 2.58. The van der Waals surface area contributed by atoms with Crippen molar-refractivity contribution in [2.45, 2.75) is 45.2 Å². The summed E-state index contributed by atoms with van der Waals surface area (Å²) in [7, 11) is 0. The lowest BCUT2D eigenvalue weighted by Gasteiger charge is -2.38. The molecule has 0 saturated carbocycles. The summed E-state index contributed by atoms with van der Waals surface area (Å²) in [6.45, 7) is 8.61. The van der Waals surface area contributed by atoms with Crippen molar-refractivity contribution >= 4 is 0 Å². The highest BCUT2D eigenvalue weighted by atomic mass is 16.5. The molecular weight excluding hydrogens is 200 g/mol. The molecule has 2 rings (SSSR count). The van der Waals surface area contributed by atoms with Gasteiger partial charge < -0.3 is 10.5 Å². The first-order chi connectivity index (χ1) is 7.72. The summed E-state index contributed by atoms with van der Waals surface area (Å²) in [5.41, 5.74) is 6.01. The second kappa shape index (κ2) is 5.48. The van der Waals surface area contributed by atoms with E-state index in [1.165, 1.54) is 25.8 Å². The SMILES string of the molecule is CC1CC(C)N(C(CN)C2CCOCC2)C1. The molecule has 16 heavy (non-hydrogen) atoms. The Morgan fingerprint density at radius 3 is 2.50 bits per heavy atom. The first-order valence-electron chi connectivity index (χ1n) is 6.76. The average Bonchev–Trinajstić information content (AvgIpc) is 2.61. The Morgan fingerprint density at radius 1 is 1.31 bits per heavy atom. The Kier molecular flexibility index (Phi) is 4.22. The standard InChI is InChI=1S/C13H26N2O/c1-10-7-11(2)15(9-10)13(8-14)12-3-5-16-6-4-12/h10-13H,3-9,14H2,1-2H3. The minimum Gasteiger partial charge on any atom is -0.381 e. The first-order valence-corrected chi connectivity index (χ1v) is 6.76. The quantitative estimate of drug-likeness (QED) is 0.792. The lowest BCUT2D eigenvalue weighted by Crippen LogP contribution is -2.48. The molecule has 3 unspecified atom stereocenters. The van der Waals surface area contributed by atoms with Crippen LogP contribution in [0.4, 0.5) is 0 Å². The van der Waals surface area contributed by atoms with Gasteiger partial charge in [-0.1, -0.05) is 6.92 Å². The zero-order valence-corrected chi connectivity index (χ0v) is 10.7. The van der Waals surface area contributed by atoms with Gasteiger partial charge in [0.05, 0.1) is 0 Å². The Bertz CT molecular complexity index is 216. The van der Waals surface area contributed by atoms with Crippen LogP contribution in [0.15, 0.2) is 0 Å². The largest absolute Gasteiger partial charge is 0.381 e. The number of hydrogen-bond acceptors (Lipinski definition) is 3. The van der Waals surface area contributed by atoms with E-state index in [0.717, 1.165) is 31.6 Å². The predicted octanol–water partition coefficient (Wildman–Crippen LogP) is 1.47. The molecule has 3 heteroatoms. The van der Waals surface area contributed by atoms with Crippen molar-refractivity contribution in [3.05, 3.63) is 0 Å². The van der Waals surface area contributed by atoms with Gasteiger partial charge in [-0.15, -0.1) is 0 Å². The summed E-state index contributed by atoms with van der Waals surface area (Å²) < 4.78 is 5.45. The maximum absolute atomic E-state index is 6.01. The van der Waals surface area contributed by atoms with E-state index in [4.69, 9.17) is 10.5 Å². The minimum atomic E-state index is 0.587. The average molecular weight is 226 g/mol. The molecule has 2 aliphatic heterocycles. The summed E-state index contributed by atoms with van der Waals surface area (Å²) in [6.07, 6.45) is 3.72. The Morgan fingerprint density at radius 2 is 2.00 bits per heavy atom. The third-order valence-electron chi connectivity index (χ3n) is 4.31. The molecular formula is C13H26N2O. The van der Waals surface area contributed by atoms with E-state index in [1.807, 2.05) is 0 Å². The van der Waals surface area contributed by atoms with E-state index in [0.29, 0.717) is 12.1 Å². The molecule has 94 valence electrons. The van der Waals surface area contributed by atoms with Crippen LogP contribution in [-0.2, 0) is 4.74 Å². The maximum atomic E-state index is 6.01. The second-order valence-electron chi connectivity index (χ2n) is 5.64. The summed E-state index contributed by atoms with van der Waals surface area (Å²) in [5, 5.41) is 0. The lowest BCUT2D eigenvalue weighted by molar-refractivity contribution is 0.0252. The fraction of sp³-hybridized carbons (Fsp3) is 1.00. The molecule has 2 saturated heterocycles. The van der Waals surface area contributed by atoms with Crippen LogP contribution in [0.5, 0.6) is 0 Å². The maximum Gasteiger partial charge on any atom is 0.0469 e. The van der Waals surface area contributed by atoms with Gasteiger partial charge in [-0.2, -0.15) is 0 Å². The molecule has 2 aliphatic rings. The highest BCUT2D eigenvalue weighted by molar-refractivity contribution is 4.90. The highest BCUT2D eigenvalue weighted by Gasteiger charge is 2.35. The summed E-state index contributed by atoms with van der Waals surface area (Å²) in [4.78, 5) is 2.65. The molecule has 0 radical (unpaired) electrons. The molecule has 0 aliphatic carbocycles. The van der Waals surface area contributed by atoms with Crippen molar-refractivity contribution in [1.29, 1.82) is 0 Å². The van der Waals surface area contributed by atoms with Crippen LogP contribution in [0.1, 0.15) is 33.1 Å². The molecule has 0 aromatic heterocycles. The van der Waals surface area contributed by atoms with Gasteiger partial charge in [0.2, 0.25) is 0 Å². The van der Waals surface area contributed by atoms with E-state index in [1.54, 1.807) is 0 Å². The first kappa shape index (κ1) is 12.3. The number of rotatable bonds is 3. The topological polar surface area (TPSA) is 38.5 Å². The molecule has 0 amide bonds. The number of hydrogen-bond donors (Lipinski definition) is 1. The smallest absolute Gasteiger partial charge is 0.0469 e. The molecule has 2 N–H and O–H groups in total. The van der Waals surface area contributed by atoms with Crippen LogP contribution < -0.4 is 5.73 Å². The third-order valence-corrected chi connectivity index (χ3v) is 4.31. The van der Waals surface area contributed by atoms with Crippen molar-refractivity contribution in [1.82, 2.24) is 4.90 Å². The van der Waals surface area contributed by atoms with Crippen LogP contribution >= 0.6 is 0 Å². The van der Waals surface area contributed by atoms with Crippen LogP contribution in [-0.4, -0.2) is 43.3 Å².